The molecule has 0 saturated heterocycles. The fourth-order valence-corrected chi connectivity index (χ4v) is 3.60. The number of aryl methyl sites for hydroxylation is 1. The minimum Gasteiger partial charge on any atom is -0.326 e. The first-order valence-electron chi connectivity index (χ1n) is 7.56. The average Bonchev–Trinajstić information content (AvgIpc) is 2.55. The highest BCUT2D eigenvalue weighted by Crippen LogP contribution is 2.21. The van der Waals surface area contributed by atoms with Gasteiger partial charge in [0.1, 0.15) is 0 Å². The number of sulfone groups is 1. The molecule has 2 rings (SSSR count). The zero-order valence-corrected chi connectivity index (χ0v) is 14.5. The van der Waals surface area contributed by atoms with E-state index in [4.69, 9.17) is 0 Å². The highest BCUT2D eigenvalue weighted by atomic mass is 32.2. The van der Waals surface area contributed by atoms with E-state index >= 15 is 0 Å². The van der Waals surface area contributed by atoms with Gasteiger partial charge in [0.2, 0.25) is 5.91 Å². The minimum atomic E-state index is -3.40. The molecule has 25 heavy (non-hydrogen) atoms. The summed E-state index contributed by atoms with van der Waals surface area (Å²) in [5, 5.41) is 13.3. The predicted octanol–water partition coefficient (Wildman–Crippen LogP) is 2.85. The standard InChI is InChI=1S/C17H18N2O5S/c1-13-11-15(19(21)22)7-8-16(13)18-17(20)9-10-25(23,24)12-14-5-3-2-4-6-14/h2-8,11H,9-10,12H2,1H3,(H,18,20). The average molecular weight is 362 g/mol. The van der Waals surface area contributed by atoms with E-state index in [9.17, 15) is 23.3 Å². The molecule has 1 amide bonds. The maximum absolute atomic E-state index is 12.1. The van der Waals surface area contributed by atoms with Crippen LogP contribution >= 0.6 is 0 Å². The van der Waals surface area contributed by atoms with Crippen LogP contribution in [0.4, 0.5) is 11.4 Å². The van der Waals surface area contributed by atoms with E-state index in [0.717, 1.165) is 0 Å². The molecular weight excluding hydrogens is 344 g/mol. The summed E-state index contributed by atoms with van der Waals surface area (Å²) in [4.78, 5) is 22.2. The molecule has 2 aromatic rings. The number of non-ortho nitro benzene ring substituents is 1. The number of hydrogen-bond donors (Lipinski definition) is 1. The second-order valence-electron chi connectivity index (χ2n) is 5.63. The Morgan fingerprint density at radius 2 is 1.84 bits per heavy atom. The van der Waals surface area contributed by atoms with Gasteiger partial charge in [-0.05, 0) is 24.1 Å². The molecule has 0 aromatic heterocycles. The van der Waals surface area contributed by atoms with E-state index in [0.29, 0.717) is 16.8 Å². The number of carbonyl (C=O) groups excluding carboxylic acids is 1. The van der Waals surface area contributed by atoms with Gasteiger partial charge < -0.3 is 5.32 Å². The normalized spacial score (nSPS) is 11.1. The van der Waals surface area contributed by atoms with Gasteiger partial charge in [-0.15, -0.1) is 0 Å². The van der Waals surface area contributed by atoms with E-state index in [2.05, 4.69) is 5.32 Å². The van der Waals surface area contributed by atoms with Crippen LogP contribution in [0, 0.1) is 17.0 Å². The molecule has 1 N–H and O–H groups in total. The summed E-state index contributed by atoms with van der Waals surface area (Å²) in [6.45, 7) is 1.63. The number of nitro groups is 1. The van der Waals surface area contributed by atoms with Gasteiger partial charge in [-0.1, -0.05) is 30.3 Å². The van der Waals surface area contributed by atoms with Gasteiger partial charge in [-0.2, -0.15) is 0 Å². The van der Waals surface area contributed by atoms with Gasteiger partial charge in [-0.3, -0.25) is 14.9 Å². The van der Waals surface area contributed by atoms with Crippen molar-refractivity contribution in [3.8, 4) is 0 Å². The molecular formula is C17H18N2O5S. The zero-order chi connectivity index (χ0) is 18.4. The number of carbonyl (C=O) groups is 1. The van der Waals surface area contributed by atoms with Crippen molar-refractivity contribution in [1.82, 2.24) is 0 Å². The molecule has 0 radical (unpaired) electrons. The maximum atomic E-state index is 12.1. The number of benzene rings is 2. The van der Waals surface area contributed by atoms with E-state index in [-0.39, 0.29) is 23.6 Å². The molecule has 0 unspecified atom stereocenters. The largest absolute Gasteiger partial charge is 0.326 e. The highest BCUT2D eigenvalue weighted by molar-refractivity contribution is 7.90. The SMILES string of the molecule is Cc1cc([N+](=O)[O-])ccc1NC(=O)CCS(=O)(=O)Cc1ccccc1. The van der Waals surface area contributed by atoms with E-state index in [1.165, 1.54) is 18.2 Å². The minimum absolute atomic E-state index is 0.0686. The van der Waals surface area contributed by atoms with Crippen molar-refractivity contribution in [2.24, 2.45) is 0 Å². The molecule has 0 atom stereocenters. The zero-order valence-electron chi connectivity index (χ0n) is 13.6. The van der Waals surface area contributed by atoms with Crippen molar-refractivity contribution in [2.75, 3.05) is 11.1 Å². The highest BCUT2D eigenvalue weighted by Gasteiger charge is 2.16. The number of nitrogens with one attached hydrogen (secondary N) is 1. The summed E-state index contributed by atoms with van der Waals surface area (Å²) >= 11 is 0. The third-order valence-electron chi connectivity index (χ3n) is 3.56. The molecule has 0 saturated carbocycles. The number of nitrogens with zero attached hydrogens (tertiary/aromatic N) is 1. The Hall–Kier alpha value is -2.74. The second kappa shape index (κ2) is 7.89. The molecule has 0 bridgehead atoms. The molecule has 0 spiro atoms. The molecule has 2 aromatic carbocycles. The van der Waals surface area contributed by atoms with Crippen molar-refractivity contribution in [1.29, 1.82) is 0 Å². The number of hydrogen-bond acceptors (Lipinski definition) is 5. The monoisotopic (exact) mass is 362 g/mol. The quantitative estimate of drug-likeness (QED) is 0.602. The smallest absolute Gasteiger partial charge is 0.269 e. The van der Waals surface area contributed by atoms with Crippen molar-refractivity contribution in [3.63, 3.8) is 0 Å². The first-order chi connectivity index (χ1) is 11.8. The maximum Gasteiger partial charge on any atom is 0.269 e. The molecule has 0 aliphatic heterocycles. The Morgan fingerprint density at radius 1 is 1.16 bits per heavy atom. The Morgan fingerprint density at radius 3 is 2.44 bits per heavy atom. The van der Waals surface area contributed by atoms with Crippen molar-refractivity contribution in [3.05, 3.63) is 69.8 Å². The van der Waals surface area contributed by atoms with Crippen LogP contribution in [0.3, 0.4) is 0 Å². The van der Waals surface area contributed by atoms with Crippen LogP contribution in [0.15, 0.2) is 48.5 Å². The van der Waals surface area contributed by atoms with Crippen LogP contribution < -0.4 is 5.32 Å². The summed E-state index contributed by atoms with van der Waals surface area (Å²) in [6.07, 6.45) is -0.175. The van der Waals surface area contributed by atoms with Gasteiger partial charge in [0.05, 0.1) is 16.4 Å². The van der Waals surface area contributed by atoms with Gasteiger partial charge in [0.25, 0.3) is 5.69 Å². The fraction of sp³-hybridized carbons (Fsp3) is 0.235. The third-order valence-corrected chi connectivity index (χ3v) is 5.16. The lowest BCUT2D eigenvalue weighted by molar-refractivity contribution is -0.384. The fourth-order valence-electron chi connectivity index (χ4n) is 2.26. The molecule has 0 fully saturated rings. The Labute approximate surface area is 145 Å². The lowest BCUT2D eigenvalue weighted by atomic mass is 10.2. The second-order valence-corrected chi connectivity index (χ2v) is 7.82. The van der Waals surface area contributed by atoms with Crippen LogP contribution in [0.25, 0.3) is 0 Å². The number of rotatable bonds is 7. The number of anilines is 1. The Kier molecular flexibility index (Phi) is 5.87. The van der Waals surface area contributed by atoms with Crippen molar-refractivity contribution < 1.29 is 18.1 Å². The summed E-state index contributed by atoms with van der Waals surface area (Å²) in [5.41, 5.74) is 1.57. The predicted molar refractivity (Wildman–Crippen MR) is 95.0 cm³/mol. The lowest BCUT2D eigenvalue weighted by Crippen LogP contribution is -2.18. The van der Waals surface area contributed by atoms with Crippen molar-refractivity contribution >= 4 is 27.1 Å². The first-order valence-corrected chi connectivity index (χ1v) is 9.38. The molecule has 7 nitrogen and oxygen atoms in total. The molecule has 132 valence electrons. The van der Waals surface area contributed by atoms with Crippen LogP contribution in [0.5, 0.6) is 0 Å². The third kappa shape index (κ3) is 5.68. The van der Waals surface area contributed by atoms with Gasteiger partial charge in [0, 0.05) is 24.2 Å². The van der Waals surface area contributed by atoms with Crippen molar-refractivity contribution in [2.45, 2.75) is 19.1 Å². The van der Waals surface area contributed by atoms with Gasteiger partial charge >= 0.3 is 0 Å². The Bertz CT molecular complexity index is 879. The summed E-state index contributed by atoms with van der Waals surface area (Å²) in [7, 11) is -3.40. The van der Waals surface area contributed by atoms with Crippen LogP contribution in [-0.4, -0.2) is 25.0 Å². The van der Waals surface area contributed by atoms with Crippen LogP contribution in [0.1, 0.15) is 17.5 Å². The summed E-state index contributed by atoms with van der Waals surface area (Å²) in [6, 6.07) is 12.8. The van der Waals surface area contributed by atoms with E-state index < -0.39 is 20.7 Å². The molecule has 0 heterocycles. The summed E-state index contributed by atoms with van der Waals surface area (Å²) in [5.74, 6) is -0.828. The van der Waals surface area contributed by atoms with E-state index in [1.807, 2.05) is 0 Å². The molecule has 8 heteroatoms. The molecule has 0 aliphatic carbocycles. The number of amides is 1. The Balaban J connectivity index is 1.93. The number of nitro benzene ring substituents is 1. The topological polar surface area (TPSA) is 106 Å². The summed E-state index contributed by atoms with van der Waals surface area (Å²) < 4.78 is 24.2. The first kappa shape index (κ1) is 18.6. The molecule has 0 aliphatic rings. The lowest BCUT2D eigenvalue weighted by Gasteiger charge is -2.09. The van der Waals surface area contributed by atoms with Crippen LogP contribution in [0.2, 0.25) is 0 Å². The van der Waals surface area contributed by atoms with Gasteiger partial charge in [-0.25, -0.2) is 8.42 Å². The van der Waals surface area contributed by atoms with Crippen LogP contribution in [-0.2, 0) is 20.4 Å². The van der Waals surface area contributed by atoms with Gasteiger partial charge in [0.15, 0.2) is 9.84 Å². The van der Waals surface area contributed by atoms with E-state index in [1.54, 1.807) is 37.3 Å².